The van der Waals surface area contributed by atoms with Crippen LogP contribution in [0.4, 0.5) is 10.1 Å². The number of nitrogens with one attached hydrogen (secondary N) is 1. The van der Waals surface area contributed by atoms with Crippen molar-refractivity contribution in [3.8, 4) is 0 Å². The number of aryl methyl sites for hydroxylation is 2. The predicted molar refractivity (Wildman–Crippen MR) is 137 cm³/mol. The van der Waals surface area contributed by atoms with Gasteiger partial charge in [0.2, 0.25) is 21.8 Å². The molecule has 0 aliphatic heterocycles. The predicted octanol–water partition coefficient (Wildman–Crippen LogP) is 3.93. The Balaban J connectivity index is 2.16. The molecule has 0 saturated heterocycles. The van der Waals surface area contributed by atoms with Gasteiger partial charge in [0, 0.05) is 26.1 Å². The van der Waals surface area contributed by atoms with Crippen molar-refractivity contribution in [2.24, 2.45) is 0 Å². The standard InChI is InChI=1S/C26H36FN3O4S/c1-6-15-28-26(32)21(4)29(18-22-10-12-23(27)13-11-22)25(31)8-7-16-30(35(5,33)34)24-14-9-19(2)20(3)17-24/h9-14,17,21H,6-8,15-16,18H2,1-5H3,(H,28,32). The molecule has 0 radical (unpaired) electrons. The number of benzene rings is 2. The summed E-state index contributed by atoms with van der Waals surface area (Å²) in [7, 11) is -3.55. The molecule has 0 saturated carbocycles. The van der Waals surface area contributed by atoms with Gasteiger partial charge in [-0.3, -0.25) is 13.9 Å². The van der Waals surface area contributed by atoms with Crippen LogP contribution in [0.2, 0.25) is 0 Å². The van der Waals surface area contributed by atoms with Crippen LogP contribution in [0.5, 0.6) is 0 Å². The number of halogens is 1. The Labute approximate surface area is 208 Å². The van der Waals surface area contributed by atoms with Gasteiger partial charge < -0.3 is 10.2 Å². The molecule has 0 spiro atoms. The van der Waals surface area contributed by atoms with E-state index in [1.165, 1.54) is 21.3 Å². The highest BCUT2D eigenvalue weighted by Gasteiger charge is 2.26. The third-order valence-electron chi connectivity index (χ3n) is 5.91. The fourth-order valence-electron chi connectivity index (χ4n) is 3.65. The van der Waals surface area contributed by atoms with Crippen LogP contribution in [0, 0.1) is 19.7 Å². The third-order valence-corrected chi connectivity index (χ3v) is 7.11. The highest BCUT2D eigenvalue weighted by molar-refractivity contribution is 7.92. The molecule has 35 heavy (non-hydrogen) atoms. The van der Waals surface area contributed by atoms with Crippen molar-refractivity contribution < 1.29 is 22.4 Å². The zero-order chi connectivity index (χ0) is 26.2. The number of anilines is 1. The summed E-state index contributed by atoms with van der Waals surface area (Å²) < 4.78 is 39.5. The average molecular weight is 506 g/mol. The number of carbonyl (C=O) groups excluding carboxylic acids is 2. The summed E-state index contributed by atoms with van der Waals surface area (Å²) in [5.74, 6) is -0.926. The summed E-state index contributed by atoms with van der Waals surface area (Å²) >= 11 is 0. The molecule has 9 heteroatoms. The van der Waals surface area contributed by atoms with E-state index >= 15 is 0 Å². The van der Waals surface area contributed by atoms with Gasteiger partial charge in [-0.15, -0.1) is 0 Å². The molecule has 0 aliphatic rings. The van der Waals surface area contributed by atoms with E-state index in [0.29, 0.717) is 17.8 Å². The van der Waals surface area contributed by atoms with Gasteiger partial charge in [0.1, 0.15) is 11.9 Å². The highest BCUT2D eigenvalue weighted by Crippen LogP contribution is 2.22. The molecule has 0 bridgehead atoms. The van der Waals surface area contributed by atoms with Gasteiger partial charge in [0.25, 0.3) is 0 Å². The molecular weight excluding hydrogens is 469 g/mol. The molecule has 2 aromatic rings. The Morgan fingerprint density at radius 1 is 1.06 bits per heavy atom. The van der Waals surface area contributed by atoms with Crippen LogP contribution >= 0.6 is 0 Å². The SMILES string of the molecule is CCCNC(=O)C(C)N(Cc1ccc(F)cc1)C(=O)CCCN(c1ccc(C)c(C)c1)S(C)(=O)=O. The van der Waals surface area contributed by atoms with Crippen LogP contribution in [0.15, 0.2) is 42.5 Å². The number of sulfonamides is 1. The largest absolute Gasteiger partial charge is 0.354 e. The van der Waals surface area contributed by atoms with E-state index < -0.39 is 16.1 Å². The lowest BCUT2D eigenvalue weighted by molar-refractivity contribution is -0.140. The zero-order valence-electron chi connectivity index (χ0n) is 21.2. The third kappa shape index (κ3) is 8.35. The van der Waals surface area contributed by atoms with Gasteiger partial charge in [-0.1, -0.05) is 25.1 Å². The smallest absolute Gasteiger partial charge is 0.242 e. The topological polar surface area (TPSA) is 86.8 Å². The first kappa shape index (κ1) is 28.3. The molecular formula is C26H36FN3O4S. The maximum absolute atomic E-state index is 13.3. The lowest BCUT2D eigenvalue weighted by Gasteiger charge is -2.29. The number of carbonyl (C=O) groups is 2. The van der Waals surface area contributed by atoms with Crippen molar-refractivity contribution in [3.63, 3.8) is 0 Å². The van der Waals surface area contributed by atoms with Gasteiger partial charge in [-0.2, -0.15) is 0 Å². The van der Waals surface area contributed by atoms with Crippen molar-refractivity contribution in [3.05, 3.63) is 65.0 Å². The zero-order valence-corrected chi connectivity index (χ0v) is 22.0. The van der Waals surface area contributed by atoms with Crippen LogP contribution in [0.25, 0.3) is 0 Å². The molecule has 2 amide bonds. The minimum atomic E-state index is -3.55. The van der Waals surface area contributed by atoms with E-state index in [9.17, 15) is 22.4 Å². The van der Waals surface area contributed by atoms with Gasteiger partial charge in [-0.25, -0.2) is 12.8 Å². The van der Waals surface area contributed by atoms with Crippen LogP contribution in [0.1, 0.15) is 49.8 Å². The van der Waals surface area contributed by atoms with Crippen molar-refractivity contribution in [1.29, 1.82) is 0 Å². The number of nitrogens with zero attached hydrogens (tertiary/aromatic N) is 2. The molecule has 7 nitrogen and oxygen atoms in total. The Kier molecular flexibility index (Phi) is 10.2. The normalized spacial score (nSPS) is 12.2. The number of amides is 2. The van der Waals surface area contributed by atoms with E-state index in [2.05, 4.69) is 5.32 Å². The fourth-order valence-corrected chi connectivity index (χ4v) is 4.61. The second-order valence-corrected chi connectivity index (χ2v) is 10.7. The molecule has 1 atom stereocenters. The van der Waals surface area contributed by atoms with E-state index in [0.717, 1.165) is 23.8 Å². The Bertz CT molecular complexity index is 1120. The summed E-state index contributed by atoms with van der Waals surface area (Å²) in [4.78, 5) is 27.3. The molecule has 2 aromatic carbocycles. The minimum Gasteiger partial charge on any atom is -0.354 e. The first-order chi connectivity index (χ1) is 16.4. The first-order valence-electron chi connectivity index (χ1n) is 11.8. The summed E-state index contributed by atoms with van der Waals surface area (Å²) in [6, 6.07) is 10.5. The molecule has 0 heterocycles. The molecule has 0 aliphatic carbocycles. The van der Waals surface area contributed by atoms with Gasteiger partial charge >= 0.3 is 0 Å². The van der Waals surface area contributed by atoms with E-state index in [-0.39, 0.29) is 43.6 Å². The van der Waals surface area contributed by atoms with Crippen molar-refractivity contribution >= 4 is 27.5 Å². The number of rotatable bonds is 12. The van der Waals surface area contributed by atoms with Crippen molar-refractivity contribution in [2.45, 2.75) is 59.5 Å². The van der Waals surface area contributed by atoms with Gasteiger partial charge in [-0.05, 0) is 74.6 Å². The van der Waals surface area contributed by atoms with Crippen LogP contribution in [-0.4, -0.2) is 50.5 Å². The summed E-state index contributed by atoms with van der Waals surface area (Å²) in [5, 5.41) is 2.81. The Morgan fingerprint density at radius 2 is 1.71 bits per heavy atom. The quantitative estimate of drug-likeness (QED) is 0.474. The summed E-state index contributed by atoms with van der Waals surface area (Å²) in [5.41, 5.74) is 3.29. The second-order valence-electron chi connectivity index (χ2n) is 8.82. The lowest BCUT2D eigenvalue weighted by atomic mass is 10.1. The second kappa shape index (κ2) is 12.7. The minimum absolute atomic E-state index is 0.0590. The van der Waals surface area contributed by atoms with Crippen LogP contribution in [0.3, 0.4) is 0 Å². The number of hydrogen-bond donors (Lipinski definition) is 1. The molecule has 0 fully saturated rings. The van der Waals surface area contributed by atoms with E-state index in [4.69, 9.17) is 0 Å². The summed E-state index contributed by atoms with van der Waals surface area (Å²) in [6.45, 7) is 8.25. The van der Waals surface area contributed by atoms with Gasteiger partial charge in [0.05, 0.1) is 11.9 Å². The highest BCUT2D eigenvalue weighted by atomic mass is 32.2. The maximum Gasteiger partial charge on any atom is 0.242 e. The van der Waals surface area contributed by atoms with Crippen LogP contribution in [-0.2, 0) is 26.2 Å². The first-order valence-corrected chi connectivity index (χ1v) is 13.7. The van der Waals surface area contributed by atoms with Gasteiger partial charge in [0.15, 0.2) is 0 Å². The fraction of sp³-hybridized carbons (Fsp3) is 0.462. The molecule has 2 rings (SSSR count). The van der Waals surface area contributed by atoms with Crippen molar-refractivity contribution in [2.75, 3.05) is 23.7 Å². The molecule has 1 unspecified atom stereocenters. The molecule has 192 valence electrons. The number of hydrogen-bond acceptors (Lipinski definition) is 4. The van der Waals surface area contributed by atoms with E-state index in [1.54, 1.807) is 25.1 Å². The van der Waals surface area contributed by atoms with Crippen LogP contribution < -0.4 is 9.62 Å². The summed E-state index contributed by atoms with van der Waals surface area (Å²) in [6.07, 6.45) is 2.25. The lowest BCUT2D eigenvalue weighted by Crippen LogP contribution is -2.47. The maximum atomic E-state index is 13.3. The van der Waals surface area contributed by atoms with E-state index in [1.807, 2.05) is 32.9 Å². The van der Waals surface area contributed by atoms with Crippen molar-refractivity contribution in [1.82, 2.24) is 10.2 Å². The monoisotopic (exact) mass is 505 g/mol. The molecule has 0 aromatic heterocycles. The molecule has 1 N–H and O–H groups in total. The Morgan fingerprint density at radius 3 is 2.29 bits per heavy atom. The average Bonchev–Trinajstić information content (AvgIpc) is 2.80. The Hall–Kier alpha value is -2.94.